The summed E-state index contributed by atoms with van der Waals surface area (Å²) in [4.78, 5) is 11.8. The number of hydrogen-bond donors (Lipinski definition) is 1. The molecule has 0 spiro atoms. The summed E-state index contributed by atoms with van der Waals surface area (Å²) < 4.78 is 13.3. The summed E-state index contributed by atoms with van der Waals surface area (Å²) in [6.07, 6.45) is 4.58. The quantitative estimate of drug-likeness (QED) is 0.350. The zero-order valence-electron chi connectivity index (χ0n) is 16.8. The molecular formula is C28H21FO2. The largest absolute Gasteiger partial charge is 0.478 e. The number of hydrogen-bond acceptors (Lipinski definition) is 1. The van der Waals surface area contributed by atoms with E-state index in [-0.39, 0.29) is 11.4 Å². The van der Waals surface area contributed by atoms with E-state index in [9.17, 15) is 14.3 Å². The van der Waals surface area contributed by atoms with Crippen LogP contribution < -0.4 is 0 Å². The topological polar surface area (TPSA) is 37.3 Å². The van der Waals surface area contributed by atoms with E-state index in [2.05, 4.69) is 18.2 Å². The van der Waals surface area contributed by atoms with Crippen LogP contribution in [-0.2, 0) is 6.42 Å². The van der Waals surface area contributed by atoms with E-state index in [1.807, 2.05) is 54.6 Å². The molecule has 0 aliphatic carbocycles. The molecule has 0 fully saturated rings. The molecular weight excluding hydrogens is 387 g/mol. The highest BCUT2D eigenvalue weighted by atomic mass is 19.1. The van der Waals surface area contributed by atoms with Crippen molar-refractivity contribution in [2.45, 2.75) is 6.42 Å². The van der Waals surface area contributed by atoms with E-state index in [0.29, 0.717) is 5.56 Å². The molecule has 0 aliphatic rings. The average molecular weight is 408 g/mol. The average Bonchev–Trinajstić information content (AvgIpc) is 2.79. The van der Waals surface area contributed by atoms with Crippen LogP contribution in [0.3, 0.4) is 0 Å². The van der Waals surface area contributed by atoms with Gasteiger partial charge in [0.05, 0.1) is 5.56 Å². The molecule has 152 valence electrons. The van der Waals surface area contributed by atoms with Crippen LogP contribution >= 0.6 is 0 Å². The van der Waals surface area contributed by atoms with Crippen molar-refractivity contribution in [2.75, 3.05) is 0 Å². The molecule has 4 aromatic carbocycles. The number of rotatable bonds is 6. The summed E-state index contributed by atoms with van der Waals surface area (Å²) in [6.45, 7) is 0. The number of carboxylic acid groups (broad SMARTS) is 1. The van der Waals surface area contributed by atoms with E-state index < -0.39 is 5.97 Å². The first-order valence-electron chi connectivity index (χ1n) is 10.0. The van der Waals surface area contributed by atoms with E-state index in [0.717, 1.165) is 28.7 Å². The third kappa shape index (κ3) is 4.96. The minimum absolute atomic E-state index is 0.225. The predicted molar refractivity (Wildman–Crippen MR) is 123 cm³/mol. The van der Waals surface area contributed by atoms with Crippen molar-refractivity contribution in [2.24, 2.45) is 0 Å². The lowest BCUT2D eigenvalue weighted by atomic mass is 9.96. The highest BCUT2D eigenvalue weighted by molar-refractivity contribution is 5.94. The number of aromatic carboxylic acids is 1. The summed E-state index contributed by atoms with van der Waals surface area (Å²) in [5.74, 6) is -1.29. The molecule has 2 nitrogen and oxygen atoms in total. The molecule has 4 aromatic rings. The summed E-state index contributed by atoms with van der Waals surface area (Å²) in [7, 11) is 0. The monoisotopic (exact) mass is 408 g/mol. The molecule has 0 unspecified atom stereocenters. The molecule has 0 amide bonds. The number of carbonyl (C=O) groups is 1. The molecule has 31 heavy (non-hydrogen) atoms. The van der Waals surface area contributed by atoms with E-state index in [4.69, 9.17) is 0 Å². The van der Waals surface area contributed by atoms with Crippen molar-refractivity contribution < 1.29 is 14.3 Å². The van der Waals surface area contributed by atoms with Crippen molar-refractivity contribution in [1.82, 2.24) is 0 Å². The third-order valence-corrected chi connectivity index (χ3v) is 5.19. The lowest BCUT2D eigenvalue weighted by Gasteiger charge is -2.08. The Morgan fingerprint density at radius 3 is 2.13 bits per heavy atom. The Labute approximate surface area is 180 Å². The summed E-state index contributed by atoms with van der Waals surface area (Å²) in [5, 5.41) is 9.63. The second-order valence-electron chi connectivity index (χ2n) is 7.31. The van der Waals surface area contributed by atoms with Gasteiger partial charge in [0.25, 0.3) is 0 Å². The van der Waals surface area contributed by atoms with Crippen LogP contribution in [-0.4, -0.2) is 11.1 Å². The molecule has 0 atom stereocenters. The SMILES string of the molecule is O=C(O)c1ccc(-c2ccc(F)cc2)cc1/C=C/c1ccccc1Cc1ccccc1. The molecule has 0 radical (unpaired) electrons. The van der Waals surface area contributed by atoms with Gasteiger partial charge < -0.3 is 5.11 Å². The molecule has 4 rings (SSSR count). The van der Waals surface area contributed by atoms with Crippen LogP contribution in [0.2, 0.25) is 0 Å². The van der Waals surface area contributed by atoms with Crippen molar-refractivity contribution in [3.63, 3.8) is 0 Å². The Balaban J connectivity index is 1.69. The first kappa shape index (κ1) is 20.3. The van der Waals surface area contributed by atoms with Crippen LogP contribution in [0.25, 0.3) is 23.3 Å². The fraction of sp³-hybridized carbons (Fsp3) is 0.0357. The molecule has 3 heteroatoms. The summed E-state index contributed by atoms with van der Waals surface area (Å²) in [6, 6.07) is 29.7. The Hall–Kier alpha value is -3.98. The van der Waals surface area contributed by atoms with Gasteiger partial charge in [-0.3, -0.25) is 0 Å². The fourth-order valence-corrected chi connectivity index (χ4v) is 3.57. The number of carboxylic acids is 1. The lowest BCUT2D eigenvalue weighted by molar-refractivity contribution is 0.0696. The predicted octanol–water partition coefficient (Wildman–Crippen LogP) is 6.95. The van der Waals surface area contributed by atoms with Gasteiger partial charge in [-0.1, -0.05) is 84.9 Å². The van der Waals surface area contributed by atoms with Crippen molar-refractivity contribution in [1.29, 1.82) is 0 Å². The number of benzene rings is 4. The summed E-state index contributed by atoms with van der Waals surface area (Å²) >= 11 is 0. The van der Waals surface area contributed by atoms with Crippen molar-refractivity contribution in [3.05, 3.63) is 131 Å². The van der Waals surface area contributed by atoms with E-state index >= 15 is 0 Å². The van der Waals surface area contributed by atoms with Crippen LogP contribution in [0.4, 0.5) is 4.39 Å². The van der Waals surface area contributed by atoms with Gasteiger partial charge in [-0.25, -0.2) is 9.18 Å². The Morgan fingerprint density at radius 1 is 0.742 bits per heavy atom. The maximum Gasteiger partial charge on any atom is 0.336 e. The van der Waals surface area contributed by atoms with Crippen LogP contribution in [0.15, 0.2) is 97.1 Å². The molecule has 0 bridgehead atoms. The maximum absolute atomic E-state index is 13.3. The Kier molecular flexibility index (Phi) is 6.04. The summed E-state index contributed by atoms with van der Waals surface area (Å²) in [5.41, 5.74) is 5.91. The maximum atomic E-state index is 13.3. The van der Waals surface area contributed by atoms with E-state index in [1.54, 1.807) is 24.3 Å². The smallest absolute Gasteiger partial charge is 0.336 e. The highest BCUT2D eigenvalue weighted by Gasteiger charge is 2.10. The normalized spacial score (nSPS) is 11.0. The minimum Gasteiger partial charge on any atom is -0.478 e. The highest BCUT2D eigenvalue weighted by Crippen LogP contribution is 2.25. The van der Waals surface area contributed by atoms with Crippen molar-refractivity contribution in [3.8, 4) is 11.1 Å². The third-order valence-electron chi connectivity index (χ3n) is 5.19. The second kappa shape index (κ2) is 9.23. The van der Waals surface area contributed by atoms with Gasteiger partial charge in [0, 0.05) is 0 Å². The van der Waals surface area contributed by atoms with Gasteiger partial charge in [0.1, 0.15) is 5.82 Å². The molecule has 0 aromatic heterocycles. The van der Waals surface area contributed by atoms with Gasteiger partial charge >= 0.3 is 5.97 Å². The first-order chi connectivity index (χ1) is 15.1. The van der Waals surface area contributed by atoms with Gasteiger partial charge in [-0.15, -0.1) is 0 Å². The fourth-order valence-electron chi connectivity index (χ4n) is 3.57. The first-order valence-corrected chi connectivity index (χ1v) is 10.0. The van der Waals surface area contributed by atoms with Crippen LogP contribution in [0, 0.1) is 5.82 Å². The molecule has 0 aliphatic heterocycles. The molecule has 1 N–H and O–H groups in total. The Morgan fingerprint density at radius 2 is 1.39 bits per heavy atom. The van der Waals surface area contributed by atoms with Crippen LogP contribution in [0.1, 0.15) is 32.6 Å². The molecule has 0 saturated heterocycles. The van der Waals surface area contributed by atoms with Crippen molar-refractivity contribution >= 4 is 18.1 Å². The zero-order chi connectivity index (χ0) is 21.6. The zero-order valence-corrected chi connectivity index (χ0v) is 16.8. The van der Waals surface area contributed by atoms with Gasteiger partial charge in [-0.2, -0.15) is 0 Å². The minimum atomic E-state index is -0.983. The van der Waals surface area contributed by atoms with Crippen LogP contribution in [0.5, 0.6) is 0 Å². The molecule has 0 saturated carbocycles. The van der Waals surface area contributed by atoms with Gasteiger partial charge in [-0.05, 0) is 64.1 Å². The van der Waals surface area contributed by atoms with E-state index in [1.165, 1.54) is 17.7 Å². The van der Waals surface area contributed by atoms with Gasteiger partial charge in [0.2, 0.25) is 0 Å². The number of halogens is 1. The molecule has 0 heterocycles. The standard InChI is InChI=1S/C28H21FO2/c29-26-15-12-22(13-16-26)24-14-17-27(28(30)31)25(19-24)11-10-21-8-4-5-9-23(21)18-20-6-2-1-3-7-20/h1-17,19H,18H2,(H,30,31)/b11-10+. The lowest BCUT2D eigenvalue weighted by Crippen LogP contribution is -1.99. The Bertz CT molecular complexity index is 1230. The second-order valence-corrected chi connectivity index (χ2v) is 7.31. The van der Waals surface area contributed by atoms with Gasteiger partial charge in [0.15, 0.2) is 0 Å².